The van der Waals surface area contributed by atoms with Gasteiger partial charge in [0.15, 0.2) is 11.5 Å². The van der Waals surface area contributed by atoms with Crippen LogP contribution in [-0.2, 0) is 6.61 Å². The van der Waals surface area contributed by atoms with Crippen LogP contribution < -0.4 is 9.47 Å². The number of ether oxygens (including phenoxy) is 2. The van der Waals surface area contributed by atoms with Crippen molar-refractivity contribution in [2.24, 2.45) is 5.10 Å². The summed E-state index contributed by atoms with van der Waals surface area (Å²) in [7, 11) is 0. The smallest absolute Gasteiger partial charge is 0.161 e. The van der Waals surface area contributed by atoms with Gasteiger partial charge in [0.1, 0.15) is 19.3 Å². The summed E-state index contributed by atoms with van der Waals surface area (Å²) in [4.78, 5) is 0. The van der Waals surface area contributed by atoms with Crippen LogP contribution in [0.15, 0.2) is 54.2 Å². The molecule has 0 amide bonds. The molecule has 0 fully saturated rings. The predicted molar refractivity (Wildman–Crippen MR) is 101 cm³/mol. The Balaban J connectivity index is 1.77. The highest BCUT2D eigenvalue weighted by molar-refractivity contribution is 5.80. The summed E-state index contributed by atoms with van der Waals surface area (Å²) >= 11 is 0. The van der Waals surface area contributed by atoms with E-state index in [1.54, 1.807) is 6.21 Å². The largest absolute Gasteiger partial charge is 0.490 e. The minimum Gasteiger partial charge on any atom is -0.490 e. The number of aromatic nitrogens is 3. The third-order valence-corrected chi connectivity index (χ3v) is 3.90. The van der Waals surface area contributed by atoms with Gasteiger partial charge in [-0.1, -0.05) is 23.8 Å². The summed E-state index contributed by atoms with van der Waals surface area (Å²) in [6.45, 7) is 7.19. The average Bonchev–Trinajstić information content (AvgIpc) is 3.15. The number of benzene rings is 2. The molecule has 0 spiro atoms. The van der Waals surface area contributed by atoms with E-state index >= 15 is 0 Å². The molecule has 0 aliphatic carbocycles. The van der Waals surface area contributed by atoms with Crippen LogP contribution in [0.5, 0.6) is 11.5 Å². The monoisotopic (exact) mass is 350 g/mol. The normalized spacial score (nSPS) is 11.0. The van der Waals surface area contributed by atoms with Crippen LogP contribution in [0.1, 0.15) is 29.2 Å². The van der Waals surface area contributed by atoms with Gasteiger partial charge in [0.2, 0.25) is 0 Å². The second kappa shape index (κ2) is 8.29. The first kappa shape index (κ1) is 17.7. The summed E-state index contributed by atoms with van der Waals surface area (Å²) in [6.07, 6.45) is 4.78. The predicted octanol–water partition coefficient (Wildman–Crippen LogP) is 3.75. The molecule has 0 aliphatic rings. The van der Waals surface area contributed by atoms with Crippen molar-refractivity contribution in [3.05, 3.63) is 71.3 Å². The second-order valence-corrected chi connectivity index (χ2v) is 5.94. The number of aryl methyl sites for hydroxylation is 2. The van der Waals surface area contributed by atoms with Gasteiger partial charge in [0, 0.05) is 0 Å². The van der Waals surface area contributed by atoms with Crippen molar-refractivity contribution in [1.82, 2.24) is 14.9 Å². The maximum Gasteiger partial charge on any atom is 0.161 e. The van der Waals surface area contributed by atoms with E-state index in [0.717, 1.165) is 5.56 Å². The van der Waals surface area contributed by atoms with Crippen molar-refractivity contribution in [1.29, 1.82) is 0 Å². The van der Waals surface area contributed by atoms with Crippen LogP contribution in [0.2, 0.25) is 0 Å². The van der Waals surface area contributed by atoms with Crippen LogP contribution in [0.25, 0.3) is 0 Å². The maximum atomic E-state index is 6.02. The van der Waals surface area contributed by atoms with Gasteiger partial charge in [-0.3, -0.25) is 0 Å². The Bertz CT molecular complexity index is 889. The Morgan fingerprint density at radius 2 is 1.81 bits per heavy atom. The molecule has 3 aromatic rings. The number of nitrogens with zero attached hydrogens (tertiary/aromatic N) is 4. The van der Waals surface area contributed by atoms with E-state index < -0.39 is 0 Å². The topological polar surface area (TPSA) is 61.5 Å². The zero-order valence-corrected chi connectivity index (χ0v) is 15.2. The molecule has 0 aliphatic heterocycles. The Morgan fingerprint density at radius 3 is 2.58 bits per heavy atom. The van der Waals surface area contributed by atoms with E-state index in [9.17, 15) is 0 Å². The molecular formula is C20H22N4O2. The summed E-state index contributed by atoms with van der Waals surface area (Å²) in [6, 6.07) is 12.1. The highest BCUT2D eigenvalue weighted by atomic mass is 16.5. The van der Waals surface area contributed by atoms with Crippen LogP contribution in [0.3, 0.4) is 0 Å². The first-order valence-electron chi connectivity index (χ1n) is 8.50. The summed E-state index contributed by atoms with van der Waals surface area (Å²) in [5.41, 5.74) is 4.51. The molecule has 0 N–H and O–H groups in total. The molecular weight excluding hydrogens is 328 g/mol. The minimum absolute atomic E-state index is 0.502. The lowest BCUT2D eigenvalue weighted by Gasteiger charge is -2.14. The lowest BCUT2D eigenvalue weighted by atomic mass is 10.1. The summed E-state index contributed by atoms with van der Waals surface area (Å²) in [5, 5.41) is 11.7. The van der Waals surface area contributed by atoms with E-state index in [1.807, 2.05) is 25.1 Å². The molecule has 0 atom stereocenters. The number of hydrogen-bond donors (Lipinski definition) is 0. The van der Waals surface area contributed by atoms with Gasteiger partial charge >= 0.3 is 0 Å². The Labute approximate surface area is 153 Å². The van der Waals surface area contributed by atoms with Gasteiger partial charge in [-0.2, -0.15) is 5.10 Å². The van der Waals surface area contributed by atoms with Gasteiger partial charge in [0.25, 0.3) is 0 Å². The lowest BCUT2D eigenvalue weighted by Crippen LogP contribution is -2.02. The van der Waals surface area contributed by atoms with Gasteiger partial charge in [-0.05, 0) is 55.7 Å². The van der Waals surface area contributed by atoms with Crippen LogP contribution in [0.4, 0.5) is 0 Å². The fourth-order valence-electron chi connectivity index (χ4n) is 2.49. The number of rotatable bonds is 7. The van der Waals surface area contributed by atoms with Crippen molar-refractivity contribution in [2.45, 2.75) is 27.4 Å². The van der Waals surface area contributed by atoms with Crippen LogP contribution >= 0.6 is 0 Å². The third-order valence-electron chi connectivity index (χ3n) is 3.90. The highest BCUT2D eigenvalue weighted by Crippen LogP contribution is 2.29. The summed E-state index contributed by atoms with van der Waals surface area (Å²) in [5.74, 6) is 1.42. The quantitative estimate of drug-likeness (QED) is 0.609. The van der Waals surface area contributed by atoms with Crippen molar-refractivity contribution < 1.29 is 9.47 Å². The molecule has 134 valence electrons. The van der Waals surface area contributed by atoms with Crippen LogP contribution in [0, 0.1) is 13.8 Å². The van der Waals surface area contributed by atoms with Gasteiger partial charge in [-0.25, -0.2) is 4.68 Å². The van der Waals surface area contributed by atoms with Crippen molar-refractivity contribution >= 4 is 6.21 Å². The van der Waals surface area contributed by atoms with E-state index in [0.29, 0.717) is 24.7 Å². The van der Waals surface area contributed by atoms with Gasteiger partial charge < -0.3 is 9.47 Å². The second-order valence-electron chi connectivity index (χ2n) is 5.94. The standard InChI is InChI=1S/C20H22N4O2/c1-4-25-20-10-17(11-23-24-13-21-22-14-24)7-8-19(20)26-12-18-9-15(2)5-6-16(18)3/h5-11,13-14H,4,12H2,1-3H3/b23-11-. The van der Waals surface area contributed by atoms with Crippen molar-refractivity contribution in [2.75, 3.05) is 6.61 Å². The van der Waals surface area contributed by atoms with Gasteiger partial charge in [0.05, 0.1) is 12.8 Å². The SMILES string of the molecule is CCOc1cc(/C=N\n2cnnc2)ccc1OCc1cc(C)ccc1C. The molecule has 0 saturated carbocycles. The summed E-state index contributed by atoms with van der Waals surface area (Å²) < 4.78 is 13.3. The molecule has 1 heterocycles. The molecule has 6 heteroatoms. The Hall–Kier alpha value is -3.15. The third kappa shape index (κ3) is 4.47. The molecule has 0 radical (unpaired) electrons. The van der Waals surface area contributed by atoms with Crippen LogP contribution in [-0.4, -0.2) is 27.7 Å². The molecule has 26 heavy (non-hydrogen) atoms. The molecule has 3 rings (SSSR count). The molecule has 0 unspecified atom stereocenters. The molecule has 2 aromatic carbocycles. The van der Waals surface area contributed by atoms with E-state index in [4.69, 9.17) is 9.47 Å². The van der Waals surface area contributed by atoms with Gasteiger partial charge in [-0.15, -0.1) is 10.2 Å². The first-order chi connectivity index (χ1) is 12.7. The number of hydrogen-bond acceptors (Lipinski definition) is 5. The Morgan fingerprint density at radius 1 is 1.00 bits per heavy atom. The fraction of sp³-hybridized carbons (Fsp3) is 0.250. The molecule has 0 bridgehead atoms. The average molecular weight is 350 g/mol. The van der Waals surface area contributed by atoms with Crippen molar-refractivity contribution in [3.63, 3.8) is 0 Å². The van der Waals surface area contributed by atoms with E-state index in [1.165, 1.54) is 34.0 Å². The minimum atomic E-state index is 0.502. The zero-order valence-electron chi connectivity index (χ0n) is 15.2. The van der Waals surface area contributed by atoms with E-state index in [-0.39, 0.29) is 0 Å². The van der Waals surface area contributed by atoms with Crippen molar-refractivity contribution in [3.8, 4) is 11.5 Å². The van der Waals surface area contributed by atoms with E-state index in [2.05, 4.69) is 47.3 Å². The Kier molecular flexibility index (Phi) is 5.63. The highest BCUT2D eigenvalue weighted by Gasteiger charge is 2.08. The maximum absolute atomic E-state index is 6.02. The zero-order chi connectivity index (χ0) is 18.4. The molecule has 6 nitrogen and oxygen atoms in total. The fourth-order valence-corrected chi connectivity index (χ4v) is 2.49. The molecule has 0 saturated heterocycles. The first-order valence-corrected chi connectivity index (χ1v) is 8.50. The lowest BCUT2D eigenvalue weighted by molar-refractivity contribution is 0.269. The molecule has 1 aromatic heterocycles.